The quantitative estimate of drug-likeness (QED) is 0.626. The number of nitrogens with one attached hydrogen (secondary N) is 3. The summed E-state index contributed by atoms with van der Waals surface area (Å²) in [6, 6.07) is 13.6. The van der Waals surface area contributed by atoms with Gasteiger partial charge in [0.2, 0.25) is 6.17 Å². The first-order valence-electron chi connectivity index (χ1n) is 8.56. The second-order valence-electron chi connectivity index (χ2n) is 6.50. The lowest BCUT2D eigenvalue weighted by atomic mass is 10.2. The molecule has 0 aliphatic carbocycles. The van der Waals surface area contributed by atoms with E-state index >= 15 is 0 Å². The molecule has 2 heterocycles. The monoisotopic (exact) mass is 417 g/mol. The van der Waals surface area contributed by atoms with Gasteiger partial charge >= 0.3 is 0 Å². The maximum Gasteiger partial charge on any atom is 0.291 e. The van der Waals surface area contributed by atoms with E-state index < -0.39 is 9.96 Å². The summed E-state index contributed by atoms with van der Waals surface area (Å²) < 4.78 is 3.52. The highest BCUT2D eigenvalue weighted by molar-refractivity contribution is 6.68. The van der Waals surface area contributed by atoms with E-state index in [1.54, 1.807) is 12.1 Å². The van der Waals surface area contributed by atoms with Crippen LogP contribution in [0.1, 0.15) is 16.1 Å². The van der Waals surface area contributed by atoms with Crippen LogP contribution < -0.4 is 15.1 Å². The molecule has 1 aromatic heterocycles. The number of quaternary nitrogens is 2. The Bertz CT molecular complexity index is 696. The van der Waals surface area contributed by atoms with E-state index in [-0.39, 0.29) is 11.7 Å². The molecule has 8 heteroatoms. The summed E-state index contributed by atoms with van der Waals surface area (Å²) in [5.74, 6) is -0.171. The summed E-state index contributed by atoms with van der Waals surface area (Å²) in [5, 5.41) is 2.82. The number of alkyl halides is 3. The van der Waals surface area contributed by atoms with E-state index in [2.05, 4.69) is 29.6 Å². The highest BCUT2D eigenvalue weighted by Crippen LogP contribution is 2.28. The van der Waals surface area contributed by atoms with Crippen molar-refractivity contribution in [2.75, 3.05) is 26.2 Å². The summed E-state index contributed by atoms with van der Waals surface area (Å²) in [6.45, 7) is 4.47. The average Bonchev–Trinajstić information content (AvgIpc) is 3.15. The van der Waals surface area contributed by atoms with Gasteiger partial charge in [0.25, 0.3) is 9.70 Å². The van der Waals surface area contributed by atoms with Gasteiger partial charge in [-0.15, -0.1) is 0 Å². The van der Waals surface area contributed by atoms with E-state index in [0.29, 0.717) is 0 Å². The normalized spacial score (nSPS) is 22.0. The molecular formula is C18H22Cl3N3O2+2. The van der Waals surface area contributed by atoms with Crippen molar-refractivity contribution in [2.45, 2.75) is 16.5 Å². The number of benzene rings is 1. The Labute approximate surface area is 167 Å². The second-order valence-corrected chi connectivity index (χ2v) is 8.86. The Morgan fingerprint density at radius 1 is 1.08 bits per heavy atom. The molecule has 0 radical (unpaired) electrons. The highest BCUT2D eigenvalue weighted by Gasteiger charge is 2.44. The van der Waals surface area contributed by atoms with Crippen LogP contribution in [-0.2, 0) is 6.54 Å². The summed E-state index contributed by atoms with van der Waals surface area (Å²) >= 11 is 18.5. The molecule has 1 amide bonds. The second kappa shape index (κ2) is 8.63. The number of hydrogen-bond acceptors (Lipinski definition) is 2. The van der Waals surface area contributed by atoms with Gasteiger partial charge in [0.05, 0.1) is 6.26 Å². The van der Waals surface area contributed by atoms with Gasteiger partial charge < -0.3 is 14.2 Å². The number of halogens is 3. The van der Waals surface area contributed by atoms with Gasteiger partial charge in [-0.3, -0.25) is 10.1 Å². The van der Waals surface area contributed by atoms with E-state index in [1.165, 1.54) is 16.7 Å². The Morgan fingerprint density at radius 2 is 1.77 bits per heavy atom. The molecule has 1 atom stereocenters. The zero-order chi connectivity index (χ0) is 18.6. The molecule has 140 valence electrons. The molecule has 0 spiro atoms. The Hall–Kier alpha value is -1.24. The number of carbonyl (C=O) groups excluding carboxylic acids is 1. The largest absolute Gasteiger partial charge is 0.459 e. The maximum absolute atomic E-state index is 12.3. The van der Waals surface area contributed by atoms with E-state index in [1.807, 2.05) is 6.07 Å². The number of piperazine rings is 1. The van der Waals surface area contributed by atoms with Crippen LogP contribution in [0.4, 0.5) is 0 Å². The van der Waals surface area contributed by atoms with Crippen molar-refractivity contribution >= 4 is 40.7 Å². The Kier molecular flexibility index (Phi) is 6.48. The number of carbonyl (C=O) groups is 1. The van der Waals surface area contributed by atoms with E-state index in [9.17, 15) is 4.79 Å². The predicted octanol–water partition coefficient (Wildman–Crippen LogP) is 0.689. The van der Waals surface area contributed by atoms with Gasteiger partial charge in [-0.25, -0.2) is 0 Å². The molecule has 0 bridgehead atoms. The van der Waals surface area contributed by atoms with Gasteiger partial charge in [-0.1, -0.05) is 65.1 Å². The molecule has 0 unspecified atom stereocenters. The smallest absolute Gasteiger partial charge is 0.291 e. The minimum atomic E-state index is -1.60. The molecular weight excluding hydrogens is 397 g/mol. The predicted molar refractivity (Wildman–Crippen MR) is 102 cm³/mol. The van der Waals surface area contributed by atoms with Crippen LogP contribution in [0.2, 0.25) is 0 Å². The number of furan rings is 1. The summed E-state index contributed by atoms with van der Waals surface area (Å²) in [7, 11) is 0. The fraction of sp³-hybridized carbons (Fsp3) is 0.389. The van der Waals surface area contributed by atoms with Crippen LogP contribution >= 0.6 is 34.8 Å². The van der Waals surface area contributed by atoms with Crippen LogP contribution in [0.15, 0.2) is 53.1 Å². The van der Waals surface area contributed by atoms with Gasteiger partial charge in [0.1, 0.15) is 32.7 Å². The molecule has 3 rings (SSSR count). The van der Waals surface area contributed by atoms with Crippen LogP contribution in [-0.4, -0.2) is 42.0 Å². The Balaban J connectivity index is 1.59. The minimum absolute atomic E-state index is 0.206. The van der Waals surface area contributed by atoms with E-state index in [0.717, 1.165) is 37.6 Å². The van der Waals surface area contributed by atoms with Crippen LogP contribution in [0.3, 0.4) is 0 Å². The van der Waals surface area contributed by atoms with Crippen molar-refractivity contribution in [3.05, 3.63) is 60.1 Å². The van der Waals surface area contributed by atoms with Gasteiger partial charge in [0, 0.05) is 5.56 Å². The van der Waals surface area contributed by atoms with Gasteiger partial charge in [-0.2, -0.15) is 0 Å². The zero-order valence-electron chi connectivity index (χ0n) is 14.2. The minimum Gasteiger partial charge on any atom is -0.459 e. The lowest BCUT2D eigenvalue weighted by molar-refractivity contribution is -1.03. The first-order valence-corrected chi connectivity index (χ1v) is 9.70. The van der Waals surface area contributed by atoms with Crippen molar-refractivity contribution in [3.8, 4) is 0 Å². The van der Waals surface area contributed by atoms with Crippen molar-refractivity contribution < 1.29 is 19.0 Å². The number of amides is 1. The summed E-state index contributed by atoms with van der Waals surface area (Å²) in [4.78, 5) is 14.9. The SMILES string of the molecule is O=C(N[C@H]([NH+]1CC[NH+](Cc2ccccc2)CC1)C(Cl)(Cl)Cl)c1ccco1. The fourth-order valence-corrected chi connectivity index (χ4v) is 3.93. The summed E-state index contributed by atoms with van der Waals surface area (Å²) in [6.07, 6.45) is 0.807. The van der Waals surface area contributed by atoms with Crippen molar-refractivity contribution in [2.24, 2.45) is 0 Å². The standard InChI is InChI=1S/C18H20Cl3N3O2/c19-18(20,21)17(22-16(25)15-7-4-12-26-15)24-10-8-23(9-11-24)13-14-5-2-1-3-6-14/h1-7,12,17H,8-11,13H2,(H,22,25)/p+2/t17-/m1/s1. The Morgan fingerprint density at radius 3 is 2.35 bits per heavy atom. The first-order chi connectivity index (χ1) is 12.4. The van der Waals surface area contributed by atoms with Gasteiger partial charge in [-0.05, 0) is 12.1 Å². The molecule has 1 aromatic carbocycles. The van der Waals surface area contributed by atoms with E-state index in [4.69, 9.17) is 39.2 Å². The molecule has 5 nitrogen and oxygen atoms in total. The van der Waals surface area contributed by atoms with Crippen molar-refractivity contribution in [1.29, 1.82) is 0 Å². The molecule has 0 saturated carbocycles. The first kappa shape index (κ1) is 19.5. The maximum atomic E-state index is 12.3. The molecule has 1 aliphatic rings. The van der Waals surface area contributed by atoms with Crippen LogP contribution in [0.5, 0.6) is 0 Å². The van der Waals surface area contributed by atoms with Crippen molar-refractivity contribution in [3.63, 3.8) is 0 Å². The van der Waals surface area contributed by atoms with Gasteiger partial charge in [0.15, 0.2) is 5.76 Å². The third kappa shape index (κ3) is 5.15. The molecule has 1 fully saturated rings. The highest BCUT2D eigenvalue weighted by atomic mass is 35.6. The average molecular weight is 419 g/mol. The topological polar surface area (TPSA) is 51.1 Å². The van der Waals surface area contributed by atoms with Crippen molar-refractivity contribution in [1.82, 2.24) is 5.32 Å². The molecule has 2 aromatic rings. The zero-order valence-corrected chi connectivity index (χ0v) is 16.4. The third-order valence-electron chi connectivity index (χ3n) is 4.65. The number of hydrogen-bond donors (Lipinski definition) is 3. The summed E-state index contributed by atoms with van der Waals surface area (Å²) in [5.41, 5.74) is 1.31. The molecule has 1 saturated heterocycles. The molecule has 1 aliphatic heterocycles. The molecule has 26 heavy (non-hydrogen) atoms. The third-order valence-corrected chi connectivity index (χ3v) is 5.31. The lowest BCUT2D eigenvalue weighted by Gasteiger charge is -2.37. The molecule has 3 N–H and O–H groups in total. The number of rotatable bonds is 5. The fourth-order valence-electron chi connectivity index (χ4n) is 3.30. The van der Waals surface area contributed by atoms with Crippen LogP contribution in [0, 0.1) is 0 Å². The lowest BCUT2D eigenvalue weighted by Crippen LogP contribution is -3.30. The van der Waals surface area contributed by atoms with Crippen LogP contribution in [0.25, 0.3) is 0 Å².